The first-order valence-electron chi connectivity index (χ1n) is 7.04. The van der Waals surface area contributed by atoms with Gasteiger partial charge in [-0.15, -0.1) is 0 Å². The zero-order chi connectivity index (χ0) is 14.8. The number of aliphatic hydroxyl groups is 1. The molecule has 0 spiro atoms. The van der Waals surface area contributed by atoms with Crippen LogP contribution in [0.2, 0.25) is 0 Å². The maximum atomic E-state index is 10.1. The van der Waals surface area contributed by atoms with Gasteiger partial charge < -0.3 is 9.84 Å². The highest BCUT2D eigenvalue weighted by Gasteiger charge is 2.23. The van der Waals surface area contributed by atoms with Crippen molar-refractivity contribution in [1.82, 2.24) is 4.90 Å². The Hall–Kier alpha value is -1.58. The number of allylic oxidation sites excluding steroid dienone is 7. The van der Waals surface area contributed by atoms with Crippen LogP contribution in [-0.4, -0.2) is 29.5 Å². The average molecular weight is 275 g/mol. The summed E-state index contributed by atoms with van der Waals surface area (Å²) in [6.45, 7) is 11.0. The smallest absolute Gasteiger partial charge is 0.259 e. The molecule has 0 aliphatic carbocycles. The summed E-state index contributed by atoms with van der Waals surface area (Å²) in [7, 11) is 0. The molecule has 1 aliphatic heterocycles. The molecule has 0 aromatic rings. The van der Waals surface area contributed by atoms with Gasteiger partial charge in [-0.3, -0.25) is 0 Å². The number of hydrogen-bond donors (Lipinski definition) is 1. The molecule has 0 aromatic heterocycles. The fourth-order valence-corrected chi connectivity index (χ4v) is 2.19. The van der Waals surface area contributed by atoms with E-state index < -0.39 is 6.41 Å². The summed E-state index contributed by atoms with van der Waals surface area (Å²) in [5, 5.41) is 10.1. The fraction of sp³-hybridized carbons (Fsp3) is 0.412. The molecule has 1 atom stereocenters. The van der Waals surface area contributed by atoms with Crippen LogP contribution in [0.4, 0.5) is 0 Å². The number of hydrogen-bond acceptors (Lipinski definition) is 3. The van der Waals surface area contributed by atoms with Crippen molar-refractivity contribution in [3.05, 3.63) is 61.4 Å². The first kappa shape index (κ1) is 16.5. The average Bonchev–Trinajstić information content (AvgIpc) is 2.47. The third-order valence-corrected chi connectivity index (χ3v) is 3.30. The normalized spacial score (nSPS) is 20.4. The molecule has 3 heteroatoms. The fourth-order valence-electron chi connectivity index (χ4n) is 2.19. The third kappa shape index (κ3) is 5.59. The van der Waals surface area contributed by atoms with E-state index in [1.807, 2.05) is 11.8 Å². The van der Waals surface area contributed by atoms with E-state index in [0.717, 1.165) is 25.9 Å². The molecule has 0 bridgehead atoms. The van der Waals surface area contributed by atoms with E-state index in [9.17, 15) is 5.11 Å². The Morgan fingerprint density at radius 3 is 2.55 bits per heavy atom. The lowest BCUT2D eigenvalue weighted by atomic mass is 9.97. The summed E-state index contributed by atoms with van der Waals surface area (Å²) in [4.78, 5) is 1.94. The predicted molar refractivity (Wildman–Crippen MR) is 83.8 cm³/mol. The van der Waals surface area contributed by atoms with Gasteiger partial charge in [0, 0.05) is 13.1 Å². The maximum absolute atomic E-state index is 10.1. The highest BCUT2D eigenvalue weighted by molar-refractivity contribution is 5.18. The third-order valence-electron chi connectivity index (χ3n) is 3.30. The van der Waals surface area contributed by atoms with Gasteiger partial charge in [0.25, 0.3) is 6.41 Å². The molecule has 3 nitrogen and oxygen atoms in total. The lowest BCUT2D eigenvalue weighted by molar-refractivity contribution is -0.173. The lowest BCUT2D eigenvalue weighted by Gasteiger charge is -2.33. The molecule has 1 saturated heterocycles. The summed E-state index contributed by atoms with van der Waals surface area (Å²) < 4.78 is 5.50. The molecule has 1 heterocycles. The van der Waals surface area contributed by atoms with Crippen LogP contribution in [0.3, 0.4) is 0 Å². The van der Waals surface area contributed by atoms with Crippen LogP contribution in [0.15, 0.2) is 61.4 Å². The monoisotopic (exact) mass is 275 g/mol. The number of ether oxygens (including phenoxy) is 1. The van der Waals surface area contributed by atoms with Gasteiger partial charge in [-0.1, -0.05) is 43.5 Å². The number of piperidine rings is 1. The predicted octanol–water partition coefficient (Wildman–Crippen LogP) is 3.38. The summed E-state index contributed by atoms with van der Waals surface area (Å²) in [6.07, 6.45) is 14.1. The summed E-state index contributed by atoms with van der Waals surface area (Å²) in [5.74, 6) is 1.17. The van der Waals surface area contributed by atoms with Crippen molar-refractivity contribution >= 4 is 0 Å². The Morgan fingerprint density at radius 2 is 2.00 bits per heavy atom. The van der Waals surface area contributed by atoms with Crippen molar-refractivity contribution in [3.63, 3.8) is 0 Å². The van der Waals surface area contributed by atoms with Crippen LogP contribution in [0.5, 0.6) is 0 Å². The van der Waals surface area contributed by atoms with Crippen LogP contribution in [-0.2, 0) is 4.74 Å². The lowest BCUT2D eigenvalue weighted by Crippen LogP contribution is -2.42. The minimum Gasteiger partial charge on any atom is -0.451 e. The molecule has 1 fully saturated rings. The Kier molecular flexibility index (Phi) is 7.70. The van der Waals surface area contributed by atoms with Crippen molar-refractivity contribution in [3.8, 4) is 0 Å². The van der Waals surface area contributed by atoms with Gasteiger partial charge in [-0.05, 0) is 37.8 Å². The molecule has 0 radical (unpaired) electrons. The highest BCUT2D eigenvalue weighted by Crippen LogP contribution is 2.20. The van der Waals surface area contributed by atoms with E-state index >= 15 is 0 Å². The number of rotatable bonds is 7. The second-order valence-electron chi connectivity index (χ2n) is 4.74. The summed E-state index contributed by atoms with van der Waals surface area (Å²) in [6, 6.07) is 0. The maximum Gasteiger partial charge on any atom is 0.259 e. The standard InChI is InChI=1S/C17H25NO2/c1-4-7-8-10-16(6-3)20-17(19)18-13-11-15(9-5-2)12-14-18/h4-10,15,17,19H,1,3,11-14H2,2H3/b8-7-,9-5+,16-10-. The molecular weight excluding hydrogens is 250 g/mol. The zero-order valence-electron chi connectivity index (χ0n) is 12.2. The molecule has 0 aromatic carbocycles. The molecule has 1 N–H and O–H groups in total. The van der Waals surface area contributed by atoms with Crippen molar-refractivity contribution in [1.29, 1.82) is 0 Å². The number of nitrogens with zero attached hydrogens (tertiary/aromatic N) is 1. The zero-order valence-corrected chi connectivity index (χ0v) is 12.2. The van der Waals surface area contributed by atoms with Crippen molar-refractivity contribution < 1.29 is 9.84 Å². The molecule has 110 valence electrons. The Bertz CT molecular complexity index is 388. The van der Waals surface area contributed by atoms with Gasteiger partial charge in [0.15, 0.2) is 0 Å². The Labute approximate surface area is 122 Å². The first-order valence-corrected chi connectivity index (χ1v) is 7.04. The van der Waals surface area contributed by atoms with Crippen LogP contribution in [0.25, 0.3) is 0 Å². The van der Waals surface area contributed by atoms with E-state index in [-0.39, 0.29) is 0 Å². The van der Waals surface area contributed by atoms with Gasteiger partial charge in [-0.2, -0.15) is 0 Å². The topological polar surface area (TPSA) is 32.7 Å². The Morgan fingerprint density at radius 1 is 1.30 bits per heavy atom. The molecule has 1 aliphatic rings. The Balaban J connectivity index is 2.48. The van der Waals surface area contributed by atoms with E-state index in [1.54, 1.807) is 30.4 Å². The molecule has 20 heavy (non-hydrogen) atoms. The second kappa shape index (κ2) is 9.34. The molecule has 0 amide bonds. The molecule has 1 unspecified atom stereocenters. The second-order valence-corrected chi connectivity index (χ2v) is 4.74. The van der Waals surface area contributed by atoms with Gasteiger partial charge in [0.2, 0.25) is 0 Å². The molecular formula is C17H25NO2. The minimum absolute atomic E-state index is 0.547. The quantitative estimate of drug-likeness (QED) is 0.334. The van der Waals surface area contributed by atoms with Crippen molar-refractivity contribution in [2.75, 3.05) is 13.1 Å². The van der Waals surface area contributed by atoms with Crippen molar-refractivity contribution in [2.45, 2.75) is 26.2 Å². The van der Waals surface area contributed by atoms with E-state index in [0.29, 0.717) is 11.7 Å². The van der Waals surface area contributed by atoms with E-state index in [2.05, 4.69) is 25.3 Å². The molecule has 1 rings (SSSR count). The number of aliphatic hydroxyl groups excluding tert-OH is 1. The minimum atomic E-state index is -0.914. The first-order chi connectivity index (χ1) is 9.71. The van der Waals surface area contributed by atoms with Crippen molar-refractivity contribution in [2.24, 2.45) is 5.92 Å². The largest absolute Gasteiger partial charge is 0.451 e. The summed E-state index contributed by atoms with van der Waals surface area (Å²) >= 11 is 0. The van der Waals surface area contributed by atoms with Crippen LogP contribution >= 0.6 is 0 Å². The highest BCUT2D eigenvalue weighted by atomic mass is 16.6. The summed E-state index contributed by atoms with van der Waals surface area (Å²) in [5.41, 5.74) is 0. The van der Waals surface area contributed by atoms with E-state index in [4.69, 9.17) is 4.74 Å². The number of likely N-dealkylation sites (tertiary alicyclic amines) is 1. The van der Waals surface area contributed by atoms with Crippen LogP contribution in [0, 0.1) is 5.92 Å². The van der Waals surface area contributed by atoms with Gasteiger partial charge >= 0.3 is 0 Å². The van der Waals surface area contributed by atoms with E-state index in [1.165, 1.54) is 0 Å². The van der Waals surface area contributed by atoms with Gasteiger partial charge in [-0.25, -0.2) is 4.90 Å². The van der Waals surface area contributed by atoms with Gasteiger partial charge in [0.1, 0.15) is 5.76 Å². The SMILES string of the molecule is C=C/C=C\C=C(\C=C)OC(O)N1CCC(/C=C/C)CC1. The van der Waals surface area contributed by atoms with Crippen LogP contribution < -0.4 is 0 Å². The van der Waals surface area contributed by atoms with Gasteiger partial charge in [0.05, 0.1) is 0 Å². The molecule has 0 saturated carbocycles. The van der Waals surface area contributed by atoms with Crippen LogP contribution in [0.1, 0.15) is 19.8 Å².